The van der Waals surface area contributed by atoms with E-state index in [4.69, 9.17) is 14.8 Å². The SMILES string of the molecule is CC/C=C\C/C=C\C/C=C\C/C=C\C/C=C\C/C=C\CCC(=O)NC(COP(=O)(O)OCCN)C(O)CCCCCCCCCCCCCCCCCC. The van der Waals surface area contributed by atoms with E-state index < -0.39 is 20.0 Å². The summed E-state index contributed by atoms with van der Waals surface area (Å²) >= 11 is 0. The van der Waals surface area contributed by atoms with Gasteiger partial charge in [0.15, 0.2) is 0 Å². The van der Waals surface area contributed by atoms with Crippen molar-refractivity contribution in [1.82, 2.24) is 5.32 Å². The number of phosphoric ester groups is 1. The van der Waals surface area contributed by atoms with Crippen molar-refractivity contribution in [2.75, 3.05) is 19.8 Å². The van der Waals surface area contributed by atoms with Gasteiger partial charge in [-0.2, -0.15) is 0 Å². The standard InChI is InChI=1S/C45H81N2O6P/c1-3-5-7-9-11-13-15-17-19-21-22-23-25-27-29-31-33-35-37-39-45(49)47-43(42-53-54(50,51)52-41-40-46)44(48)38-36-34-32-30-28-26-24-20-18-16-14-12-10-8-6-4-2/h5,7,11,13,17,19,22-23,27,29,33,35,43-44,48H,3-4,6,8-10,12,14-16,18,20-21,24-26,28,30-32,34,36-42,46H2,1-2H3,(H,47,49)(H,50,51)/b7-5-,13-11-,19-17-,23-22-,29-27-,35-33-. The summed E-state index contributed by atoms with van der Waals surface area (Å²) in [6.07, 6.45) is 52.1. The maximum atomic E-state index is 12.7. The number of rotatable bonds is 39. The van der Waals surface area contributed by atoms with Crippen LogP contribution in [0.25, 0.3) is 0 Å². The molecule has 5 N–H and O–H groups in total. The number of carbonyl (C=O) groups is 1. The number of aliphatic hydroxyl groups excluding tert-OH is 1. The molecule has 54 heavy (non-hydrogen) atoms. The number of aliphatic hydroxyl groups is 1. The molecule has 0 aromatic heterocycles. The van der Waals surface area contributed by atoms with Crippen LogP contribution in [0.4, 0.5) is 0 Å². The molecule has 0 rings (SSSR count). The number of amides is 1. The molecule has 312 valence electrons. The van der Waals surface area contributed by atoms with Crippen LogP contribution < -0.4 is 11.1 Å². The van der Waals surface area contributed by atoms with Gasteiger partial charge in [0, 0.05) is 13.0 Å². The van der Waals surface area contributed by atoms with E-state index in [1.54, 1.807) is 0 Å². The van der Waals surface area contributed by atoms with Crippen molar-refractivity contribution in [2.45, 2.75) is 187 Å². The van der Waals surface area contributed by atoms with Crippen LogP contribution in [0.3, 0.4) is 0 Å². The third-order valence-corrected chi connectivity index (χ3v) is 10.1. The molecule has 0 bridgehead atoms. The molecule has 1 amide bonds. The fraction of sp³-hybridized carbons (Fsp3) is 0.711. The van der Waals surface area contributed by atoms with Gasteiger partial charge in [-0.05, 0) is 51.4 Å². The summed E-state index contributed by atoms with van der Waals surface area (Å²) in [5, 5.41) is 13.7. The zero-order chi connectivity index (χ0) is 39.6. The minimum Gasteiger partial charge on any atom is -0.391 e. The predicted octanol–water partition coefficient (Wildman–Crippen LogP) is 12.1. The smallest absolute Gasteiger partial charge is 0.391 e. The second-order valence-electron chi connectivity index (χ2n) is 14.2. The van der Waals surface area contributed by atoms with Crippen LogP contribution in [0.5, 0.6) is 0 Å². The highest BCUT2D eigenvalue weighted by molar-refractivity contribution is 7.47. The first kappa shape index (κ1) is 51.9. The molecule has 3 unspecified atom stereocenters. The van der Waals surface area contributed by atoms with Crippen molar-refractivity contribution in [3.63, 3.8) is 0 Å². The Morgan fingerprint density at radius 1 is 0.630 bits per heavy atom. The molecule has 0 aliphatic carbocycles. The van der Waals surface area contributed by atoms with E-state index in [2.05, 4.69) is 79.9 Å². The number of hydrogen-bond acceptors (Lipinski definition) is 6. The summed E-state index contributed by atoms with van der Waals surface area (Å²) in [5.41, 5.74) is 5.37. The zero-order valence-corrected chi connectivity index (χ0v) is 35.3. The molecular weight excluding hydrogens is 695 g/mol. The molecule has 0 spiro atoms. The highest BCUT2D eigenvalue weighted by Crippen LogP contribution is 2.43. The fourth-order valence-corrected chi connectivity index (χ4v) is 6.62. The van der Waals surface area contributed by atoms with Crippen molar-refractivity contribution in [3.05, 3.63) is 72.9 Å². The van der Waals surface area contributed by atoms with E-state index in [0.29, 0.717) is 12.8 Å². The molecule has 8 nitrogen and oxygen atoms in total. The molecular formula is C45H81N2O6P. The van der Waals surface area contributed by atoms with Crippen molar-refractivity contribution in [2.24, 2.45) is 5.73 Å². The lowest BCUT2D eigenvalue weighted by atomic mass is 10.0. The first-order valence-electron chi connectivity index (χ1n) is 21.6. The Labute approximate surface area is 331 Å². The van der Waals surface area contributed by atoms with Crippen LogP contribution in [-0.4, -0.2) is 47.8 Å². The second-order valence-corrected chi connectivity index (χ2v) is 15.6. The summed E-state index contributed by atoms with van der Waals surface area (Å²) in [4.78, 5) is 22.7. The molecule has 0 saturated heterocycles. The van der Waals surface area contributed by atoms with Gasteiger partial charge in [-0.25, -0.2) is 4.57 Å². The summed E-state index contributed by atoms with van der Waals surface area (Å²) < 4.78 is 22.1. The Morgan fingerprint density at radius 2 is 1.04 bits per heavy atom. The average molecular weight is 777 g/mol. The number of carbonyl (C=O) groups excluding carboxylic acids is 1. The maximum Gasteiger partial charge on any atom is 0.472 e. The van der Waals surface area contributed by atoms with Gasteiger partial charge in [-0.15, -0.1) is 0 Å². The van der Waals surface area contributed by atoms with Crippen molar-refractivity contribution in [1.29, 1.82) is 0 Å². The number of nitrogens with one attached hydrogen (secondary N) is 1. The van der Waals surface area contributed by atoms with Crippen LogP contribution in [-0.2, 0) is 18.4 Å². The van der Waals surface area contributed by atoms with E-state index in [9.17, 15) is 19.4 Å². The molecule has 0 radical (unpaired) electrons. The predicted molar refractivity (Wildman–Crippen MR) is 230 cm³/mol. The van der Waals surface area contributed by atoms with E-state index >= 15 is 0 Å². The van der Waals surface area contributed by atoms with Crippen LogP contribution in [0.15, 0.2) is 72.9 Å². The highest BCUT2D eigenvalue weighted by Gasteiger charge is 2.27. The number of nitrogens with two attached hydrogens (primary N) is 1. The molecule has 0 heterocycles. The monoisotopic (exact) mass is 777 g/mol. The van der Waals surface area contributed by atoms with Crippen molar-refractivity contribution in [3.8, 4) is 0 Å². The number of unbranched alkanes of at least 4 members (excludes halogenated alkanes) is 15. The van der Waals surface area contributed by atoms with Gasteiger partial charge in [-0.3, -0.25) is 13.8 Å². The fourth-order valence-electron chi connectivity index (χ4n) is 5.86. The van der Waals surface area contributed by atoms with Crippen LogP contribution in [0.1, 0.15) is 174 Å². The molecule has 0 aromatic carbocycles. The summed E-state index contributed by atoms with van der Waals surface area (Å²) in [7, 11) is -4.34. The van der Waals surface area contributed by atoms with E-state index in [0.717, 1.165) is 57.8 Å². The molecule has 0 aromatic rings. The maximum absolute atomic E-state index is 12.7. The van der Waals surface area contributed by atoms with Gasteiger partial charge in [0.05, 0.1) is 25.4 Å². The lowest BCUT2D eigenvalue weighted by molar-refractivity contribution is -0.123. The Bertz CT molecular complexity index is 1070. The van der Waals surface area contributed by atoms with E-state index in [-0.39, 0.29) is 32.1 Å². The Kier molecular flexibility index (Phi) is 39.0. The zero-order valence-electron chi connectivity index (χ0n) is 34.4. The summed E-state index contributed by atoms with van der Waals surface area (Å²) in [6, 6.07) is -0.818. The first-order valence-corrected chi connectivity index (χ1v) is 23.0. The van der Waals surface area contributed by atoms with Gasteiger partial charge in [-0.1, -0.05) is 189 Å². The number of allylic oxidation sites excluding steroid dienone is 12. The van der Waals surface area contributed by atoms with Gasteiger partial charge in [0.1, 0.15) is 0 Å². The molecule has 9 heteroatoms. The molecule has 0 aliphatic heterocycles. The third kappa shape index (κ3) is 38.2. The summed E-state index contributed by atoms with van der Waals surface area (Å²) in [6.45, 7) is 4.03. The van der Waals surface area contributed by atoms with E-state index in [1.807, 2.05) is 12.2 Å². The minimum atomic E-state index is -4.34. The van der Waals surface area contributed by atoms with Crippen molar-refractivity contribution < 1.29 is 28.4 Å². The van der Waals surface area contributed by atoms with Crippen molar-refractivity contribution >= 4 is 13.7 Å². The van der Waals surface area contributed by atoms with E-state index in [1.165, 1.54) is 83.5 Å². The highest BCUT2D eigenvalue weighted by atomic mass is 31.2. The Hall–Kier alpha value is -2.06. The topological polar surface area (TPSA) is 131 Å². The average Bonchev–Trinajstić information content (AvgIpc) is 3.16. The van der Waals surface area contributed by atoms with Gasteiger partial charge in [0.2, 0.25) is 5.91 Å². The number of hydrogen-bond donors (Lipinski definition) is 4. The normalized spacial score (nSPS) is 14.8. The van der Waals surface area contributed by atoms with Gasteiger partial charge < -0.3 is 21.1 Å². The Morgan fingerprint density at radius 3 is 1.46 bits per heavy atom. The minimum absolute atomic E-state index is 0.0740. The lowest BCUT2D eigenvalue weighted by Gasteiger charge is -2.25. The van der Waals surface area contributed by atoms with Crippen LogP contribution in [0, 0.1) is 0 Å². The second kappa shape index (κ2) is 40.6. The van der Waals surface area contributed by atoms with Crippen LogP contribution in [0.2, 0.25) is 0 Å². The van der Waals surface area contributed by atoms with Crippen LogP contribution >= 0.6 is 7.82 Å². The first-order chi connectivity index (χ1) is 26.4. The quantitative estimate of drug-likeness (QED) is 0.0278. The van der Waals surface area contributed by atoms with Gasteiger partial charge in [0.25, 0.3) is 0 Å². The summed E-state index contributed by atoms with van der Waals surface area (Å²) in [5.74, 6) is -0.246. The lowest BCUT2D eigenvalue weighted by Crippen LogP contribution is -2.46. The molecule has 0 saturated carbocycles. The molecule has 3 atom stereocenters. The molecule has 0 aliphatic rings. The number of phosphoric acid groups is 1. The molecule has 0 fully saturated rings. The Balaban J connectivity index is 4.32. The van der Waals surface area contributed by atoms with Gasteiger partial charge >= 0.3 is 7.82 Å². The third-order valence-electron chi connectivity index (χ3n) is 9.09. The largest absolute Gasteiger partial charge is 0.472 e.